The molecule has 0 aromatic heterocycles. The van der Waals surface area contributed by atoms with E-state index in [0.29, 0.717) is 12.0 Å². The zero-order valence-corrected chi connectivity index (χ0v) is 13.0. The summed E-state index contributed by atoms with van der Waals surface area (Å²) >= 11 is 0. The van der Waals surface area contributed by atoms with E-state index in [4.69, 9.17) is 0 Å². The van der Waals surface area contributed by atoms with Crippen LogP contribution < -0.4 is 5.32 Å². The fourth-order valence-electron chi connectivity index (χ4n) is 3.79. The first-order valence-electron chi connectivity index (χ1n) is 7.93. The molecule has 4 rings (SSSR count). The maximum atomic E-state index is 14.8. The summed E-state index contributed by atoms with van der Waals surface area (Å²) in [4.78, 5) is 60.2. The van der Waals surface area contributed by atoms with Crippen LogP contribution in [0.5, 0.6) is 0 Å². The van der Waals surface area contributed by atoms with Gasteiger partial charge in [0.25, 0.3) is 11.8 Å². The highest BCUT2D eigenvalue weighted by atomic mass is 19.1. The zero-order chi connectivity index (χ0) is 17.9. The summed E-state index contributed by atoms with van der Waals surface area (Å²) in [6.07, 6.45) is 1.28. The van der Waals surface area contributed by atoms with E-state index in [1.807, 2.05) is 0 Å². The second-order valence-corrected chi connectivity index (χ2v) is 6.50. The number of aldehydes is 1. The fourth-order valence-corrected chi connectivity index (χ4v) is 3.79. The minimum Gasteiger partial charge on any atom is -0.303 e. The molecule has 25 heavy (non-hydrogen) atoms. The molecule has 2 aliphatic heterocycles. The highest BCUT2D eigenvalue weighted by Gasteiger charge is 2.47. The van der Waals surface area contributed by atoms with E-state index in [0.717, 1.165) is 11.2 Å². The molecule has 0 saturated carbocycles. The highest BCUT2D eigenvalue weighted by molar-refractivity contribution is 6.23. The van der Waals surface area contributed by atoms with Gasteiger partial charge in [0.15, 0.2) is 0 Å². The number of halogens is 1. The average molecular weight is 344 g/mol. The van der Waals surface area contributed by atoms with Gasteiger partial charge in [-0.25, -0.2) is 4.39 Å². The largest absolute Gasteiger partial charge is 0.303 e. The molecule has 2 atom stereocenters. The Bertz CT molecular complexity index is 878. The summed E-state index contributed by atoms with van der Waals surface area (Å²) in [5, 5.41) is 2.09. The van der Waals surface area contributed by atoms with Crippen LogP contribution in [0.2, 0.25) is 0 Å². The van der Waals surface area contributed by atoms with Gasteiger partial charge < -0.3 is 4.79 Å². The number of amides is 4. The Morgan fingerprint density at radius 2 is 1.92 bits per heavy atom. The van der Waals surface area contributed by atoms with Crippen molar-refractivity contribution < 1.29 is 28.4 Å². The molecule has 1 fully saturated rings. The Morgan fingerprint density at radius 1 is 1.16 bits per heavy atom. The third-order valence-electron chi connectivity index (χ3n) is 5.00. The Hall–Kier alpha value is -2.90. The molecule has 1 N–H and O–H groups in total. The molecule has 0 radical (unpaired) electrons. The van der Waals surface area contributed by atoms with E-state index in [9.17, 15) is 28.4 Å². The molecule has 8 heteroatoms. The molecule has 128 valence electrons. The lowest BCUT2D eigenvalue weighted by molar-refractivity contribution is -0.136. The van der Waals surface area contributed by atoms with Crippen molar-refractivity contribution >= 4 is 29.9 Å². The maximum absolute atomic E-state index is 14.8. The molecule has 1 aliphatic carbocycles. The maximum Gasteiger partial charge on any atom is 0.265 e. The second kappa shape index (κ2) is 5.30. The van der Waals surface area contributed by atoms with Crippen LogP contribution >= 0.6 is 0 Å². The number of hydrogen-bond donors (Lipinski definition) is 1. The summed E-state index contributed by atoms with van der Waals surface area (Å²) in [6, 6.07) is 0.325. The van der Waals surface area contributed by atoms with Gasteiger partial charge in [-0.1, -0.05) is 0 Å². The molecule has 2 heterocycles. The van der Waals surface area contributed by atoms with Crippen LogP contribution in [-0.2, 0) is 27.2 Å². The lowest BCUT2D eigenvalue weighted by Gasteiger charge is -2.27. The van der Waals surface area contributed by atoms with Crippen LogP contribution in [0.25, 0.3) is 0 Å². The first-order chi connectivity index (χ1) is 11.9. The van der Waals surface area contributed by atoms with Crippen LogP contribution in [0, 0.1) is 11.7 Å². The highest BCUT2D eigenvalue weighted by Crippen LogP contribution is 2.36. The summed E-state index contributed by atoms with van der Waals surface area (Å²) in [5.74, 6) is -3.97. The number of nitrogens with one attached hydrogen (secondary N) is 1. The van der Waals surface area contributed by atoms with Gasteiger partial charge in [-0.3, -0.25) is 29.4 Å². The molecule has 7 nitrogen and oxygen atoms in total. The topological polar surface area (TPSA) is 101 Å². The van der Waals surface area contributed by atoms with Gasteiger partial charge in [0.2, 0.25) is 11.8 Å². The van der Waals surface area contributed by atoms with Crippen molar-refractivity contribution in [2.45, 2.75) is 31.7 Å². The van der Waals surface area contributed by atoms with Crippen molar-refractivity contribution in [3.63, 3.8) is 0 Å². The molecule has 1 aromatic carbocycles. The molecule has 1 aromatic rings. The van der Waals surface area contributed by atoms with E-state index in [-0.39, 0.29) is 41.9 Å². The minimum atomic E-state index is -1.12. The monoisotopic (exact) mass is 344 g/mol. The van der Waals surface area contributed by atoms with E-state index < -0.39 is 35.5 Å². The summed E-state index contributed by atoms with van der Waals surface area (Å²) < 4.78 is 14.8. The van der Waals surface area contributed by atoms with E-state index in [2.05, 4.69) is 5.32 Å². The third kappa shape index (κ3) is 2.13. The summed E-state index contributed by atoms with van der Waals surface area (Å²) in [7, 11) is 0. The average Bonchev–Trinajstić information content (AvgIpc) is 3.09. The van der Waals surface area contributed by atoms with Crippen molar-refractivity contribution in [2.24, 2.45) is 5.92 Å². The molecule has 3 aliphatic rings. The Labute approximate surface area is 141 Å². The Morgan fingerprint density at radius 3 is 2.60 bits per heavy atom. The van der Waals surface area contributed by atoms with E-state index in [1.165, 1.54) is 6.07 Å². The smallest absolute Gasteiger partial charge is 0.265 e. The van der Waals surface area contributed by atoms with Gasteiger partial charge in [0.1, 0.15) is 18.1 Å². The van der Waals surface area contributed by atoms with Crippen molar-refractivity contribution in [3.8, 4) is 0 Å². The molecule has 0 bridgehead atoms. The Balaban J connectivity index is 1.75. The number of carbonyl (C=O) groups is 5. The molecule has 1 saturated heterocycles. The number of piperidine rings is 1. The Kier molecular flexibility index (Phi) is 3.31. The first-order valence-corrected chi connectivity index (χ1v) is 7.93. The van der Waals surface area contributed by atoms with Gasteiger partial charge in [0.05, 0.1) is 11.1 Å². The van der Waals surface area contributed by atoms with Crippen molar-refractivity contribution in [1.82, 2.24) is 10.2 Å². The minimum absolute atomic E-state index is 0.00378. The number of rotatable bonds is 2. The second-order valence-electron chi connectivity index (χ2n) is 6.50. The first kappa shape index (κ1) is 15.6. The van der Waals surface area contributed by atoms with Gasteiger partial charge in [-0.2, -0.15) is 0 Å². The summed E-state index contributed by atoms with van der Waals surface area (Å²) in [6.45, 7) is 0. The van der Waals surface area contributed by atoms with Crippen LogP contribution in [0.3, 0.4) is 0 Å². The number of nitrogens with zero attached hydrogens (tertiary/aromatic N) is 1. The van der Waals surface area contributed by atoms with Gasteiger partial charge in [-0.05, 0) is 36.5 Å². The summed E-state index contributed by atoms with van der Waals surface area (Å²) in [5.41, 5.74) is 0.388. The number of benzene rings is 1. The van der Waals surface area contributed by atoms with Gasteiger partial charge in [-0.15, -0.1) is 0 Å². The van der Waals surface area contributed by atoms with Gasteiger partial charge >= 0.3 is 0 Å². The van der Waals surface area contributed by atoms with Crippen LogP contribution in [0.15, 0.2) is 6.07 Å². The predicted molar refractivity (Wildman–Crippen MR) is 80.0 cm³/mol. The number of carbonyl (C=O) groups excluding carboxylic acids is 5. The normalized spacial score (nSPS) is 25.1. The lowest BCUT2D eigenvalue weighted by atomic mass is 10.0. The van der Waals surface area contributed by atoms with Crippen molar-refractivity contribution in [1.29, 1.82) is 0 Å². The molecule has 1 unspecified atom stereocenters. The number of hydrogen-bond acceptors (Lipinski definition) is 5. The molecular weight excluding hydrogens is 331 g/mol. The fraction of sp³-hybridized carbons (Fsp3) is 0.353. The van der Waals surface area contributed by atoms with Crippen molar-refractivity contribution in [2.75, 3.05) is 0 Å². The van der Waals surface area contributed by atoms with Crippen molar-refractivity contribution in [3.05, 3.63) is 34.1 Å². The predicted octanol–water partition coefficient (Wildman–Crippen LogP) is 0.141. The zero-order valence-electron chi connectivity index (χ0n) is 13.0. The standard InChI is InChI=1S/C17H13FN2O5/c18-14-9-4-7(6-21)3-8(9)5-10-13(14)17(25)20(16(10)24)11-1-2-12(22)19-15(11)23/h5-7,11H,1-4H2,(H,19,22,23)/t7?,11-/m0/s1. The van der Waals surface area contributed by atoms with Gasteiger partial charge in [0, 0.05) is 12.3 Å². The van der Waals surface area contributed by atoms with E-state index >= 15 is 0 Å². The third-order valence-corrected chi connectivity index (χ3v) is 5.00. The number of fused-ring (bicyclic) bond motifs is 2. The van der Waals surface area contributed by atoms with Crippen LogP contribution in [0.1, 0.15) is 44.7 Å². The van der Waals surface area contributed by atoms with Crippen LogP contribution in [0.4, 0.5) is 4.39 Å². The molecule has 4 amide bonds. The van der Waals surface area contributed by atoms with E-state index in [1.54, 1.807) is 0 Å². The molecular formula is C17H13FN2O5. The lowest BCUT2D eigenvalue weighted by Crippen LogP contribution is -2.54. The quantitative estimate of drug-likeness (QED) is 0.608. The van der Waals surface area contributed by atoms with Crippen LogP contribution in [-0.4, -0.2) is 40.9 Å². The number of imide groups is 2. The SMILES string of the molecule is O=CC1Cc2cc3c(c(F)c2C1)C(=O)N([C@H]1CCC(=O)NC1=O)C3=O. The molecule has 0 spiro atoms.